The Morgan fingerprint density at radius 3 is 2.79 bits per heavy atom. The molecule has 1 aromatic rings. The first kappa shape index (κ1) is 23.4. The van der Waals surface area contributed by atoms with Crippen LogP contribution >= 0.6 is 11.6 Å². The summed E-state index contributed by atoms with van der Waals surface area (Å²) in [6.07, 6.45) is 2.48. The maximum absolute atomic E-state index is 13.3. The van der Waals surface area contributed by atoms with Crippen molar-refractivity contribution in [3.8, 4) is 0 Å². The van der Waals surface area contributed by atoms with E-state index >= 15 is 0 Å². The Labute approximate surface area is 197 Å². The van der Waals surface area contributed by atoms with Crippen molar-refractivity contribution in [3.63, 3.8) is 0 Å². The molecule has 33 heavy (non-hydrogen) atoms. The van der Waals surface area contributed by atoms with Crippen LogP contribution in [0.2, 0.25) is 5.02 Å². The number of carbonyl (C=O) groups is 2. The molecule has 1 aromatic carbocycles. The number of benzene rings is 1. The van der Waals surface area contributed by atoms with Gasteiger partial charge in [0.05, 0.1) is 16.6 Å². The Morgan fingerprint density at radius 2 is 2.12 bits per heavy atom. The van der Waals surface area contributed by atoms with Crippen LogP contribution in [0.4, 0.5) is 5.69 Å². The average Bonchev–Trinajstić information content (AvgIpc) is 3.24. The Balaban J connectivity index is 1.80. The van der Waals surface area contributed by atoms with Crippen molar-refractivity contribution in [2.75, 3.05) is 13.2 Å². The van der Waals surface area contributed by atoms with Crippen LogP contribution in [-0.2, 0) is 19.1 Å². The number of Topliss-reactive ketones (excluding diaryl/α,β-unsaturated/α-hetero) is 1. The highest BCUT2D eigenvalue weighted by molar-refractivity contribution is 6.31. The standard InChI is InChI=1S/C24H27ClN2O6/c1-13-20(23(29)33-12-15-5-4-8-32-15)21(16-9-14(27(30)31)6-7-17(16)25)22-18(26-13)10-24(2,3)11-19(22)28/h6-7,9,15,21,26H,4-5,8,10-12H2,1-3H3/t15-,21-/m1/s1. The van der Waals surface area contributed by atoms with E-state index in [0.717, 1.165) is 18.5 Å². The lowest BCUT2D eigenvalue weighted by Gasteiger charge is -2.39. The molecule has 2 atom stereocenters. The minimum atomic E-state index is -0.853. The van der Waals surface area contributed by atoms with Crippen molar-refractivity contribution in [1.29, 1.82) is 0 Å². The fourth-order valence-corrected chi connectivity index (χ4v) is 5.13. The van der Waals surface area contributed by atoms with E-state index in [1.54, 1.807) is 6.92 Å². The van der Waals surface area contributed by atoms with Crippen LogP contribution in [0.25, 0.3) is 0 Å². The van der Waals surface area contributed by atoms with E-state index in [0.29, 0.717) is 36.3 Å². The third-order valence-electron chi connectivity index (χ3n) is 6.39. The number of halogens is 1. The Bertz CT molecular complexity index is 1080. The molecule has 1 fully saturated rings. The molecule has 9 heteroatoms. The van der Waals surface area contributed by atoms with E-state index in [4.69, 9.17) is 21.1 Å². The van der Waals surface area contributed by atoms with Crippen LogP contribution in [0.5, 0.6) is 0 Å². The van der Waals surface area contributed by atoms with Gasteiger partial charge >= 0.3 is 5.97 Å². The molecule has 1 N–H and O–H groups in total. The monoisotopic (exact) mass is 474 g/mol. The van der Waals surface area contributed by atoms with E-state index in [9.17, 15) is 19.7 Å². The summed E-state index contributed by atoms with van der Waals surface area (Å²) in [6.45, 7) is 6.51. The summed E-state index contributed by atoms with van der Waals surface area (Å²) in [5.74, 6) is -1.56. The number of esters is 1. The molecule has 8 nitrogen and oxygen atoms in total. The summed E-state index contributed by atoms with van der Waals surface area (Å²) in [5, 5.41) is 15.0. The number of nitro benzene ring substituents is 1. The minimum Gasteiger partial charge on any atom is -0.459 e. The van der Waals surface area contributed by atoms with Crippen molar-refractivity contribution < 1.29 is 24.0 Å². The van der Waals surface area contributed by atoms with Gasteiger partial charge in [0, 0.05) is 53.1 Å². The molecule has 2 aliphatic heterocycles. The first-order valence-electron chi connectivity index (χ1n) is 11.0. The topological polar surface area (TPSA) is 108 Å². The molecular formula is C24H27ClN2O6. The summed E-state index contributed by atoms with van der Waals surface area (Å²) in [6, 6.07) is 4.08. The smallest absolute Gasteiger partial charge is 0.336 e. The first-order chi connectivity index (χ1) is 15.6. The third-order valence-corrected chi connectivity index (χ3v) is 6.73. The molecule has 1 saturated heterocycles. The maximum Gasteiger partial charge on any atom is 0.336 e. The molecule has 0 unspecified atom stereocenters. The van der Waals surface area contributed by atoms with E-state index in [2.05, 4.69) is 5.32 Å². The van der Waals surface area contributed by atoms with Crippen LogP contribution in [0.3, 0.4) is 0 Å². The molecule has 4 rings (SSSR count). The highest BCUT2D eigenvalue weighted by Crippen LogP contribution is 2.48. The number of carbonyl (C=O) groups excluding carboxylic acids is 2. The minimum absolute atomic E-state index is 0.109. The number of rotatable bonds is 5. The number of ether oxygens (including phenoxy) is 2. The maximum atomic E-state index is 13.3. The number of ketones is 1. The second kappa shape index (κ2) is 8.91. The summed E-state index contributed by atoms with van der Waals surface area (Å²) < 4.78 is 11.1. The second-order valence-corrected chi connectivity index (χ2v) is 10.0. The van der Waals surface area contributed by atoms with Gasteiger partial charge in [-0.2, -0.15) is 0 Å². The zero-order chi connectivity index (χ0) is 23.9. The van der Waals surface area contributed by atoms with E-state index in [-0.39, 0.29) is 40.2 Å². The number of hydrogen-bond acceptors (Lipinski definition) is 7. The van der Waals surface area contributed by atoms with Gasteiger partial charge in [0.15, 0.2) is 5.78 Å². The van der Waals surface area contributed by atoms with Crippen molar-refractivity contribution in [2.45, 2.75) is 58.5 Å². The van der Waals surface area contributed by atoms with Crippen LogP contribution in [-0.4, -0.2) is 36.0 Å². The van der Waals surface area contributed by atoms with Crippen LogP contribution in [0, 0.1) is 15.5 Å². The number of non-ortho nitro benzene ring substituents is 1. The van der Waals surface area contributed by atoms with Crippen LogP contribution < -0.4 is 5.32 Å². The predicted octanol–water partition coefficient (Wildman–Crippen LogP) is 4.57. The van der Waals surface area contributed by atoms with Crippen molar-refractivity contribution in [2.24, 2.45) is 5.41 Å². The molecule has 0 bridgehead atoms. The van der Waals surface area contributed by atoms with Gasteiger partial charge in [-0.1, -0.05) is 25.4 Å². The Kier molecular flexibility index (Phi) is 6.33. The summed E-state index contributed by atoms with van der Waals surface area (Å²) in [4.78, 5) is 37.6. The molecule has 2 heterocycles. The molecule has 3 aliphatic rings. The lowest BCUT2D eigenvalue weighted by Crippen LogP contribution is -2.39. The molecular weight excluding hydrogens is 448 g/mol. The predicted molar refractivity (Wildman–Crippen MR) is 122 cm³/mol. The number of hydrogen-bond donors (Lipinski definition) is 1. The summed E-state index contributed by atoms with van der Waals surface area (Å²) in [5.41, 5.74) is 1.85. The fourth-order valence-electron chi connectivity index (χ4n) is 4.91. The summed E-state index contributed by atoms with van der Waals surface area (Å²) >= 11 is 6.50. The first-order valence-corrected chi connectivity index (χ1v) is 11.4. The van der Waals surface area contributed by atoms with Gasteiger partial charge in [-0.3, -0.25) is 14.9 Å². The van der Waals surface area contributed by atoms with E-state index in [1.165, 1.54) is 18.2 Å². The molecule has 0 saturated carbocycles. The molecule has 1 aliphatic carbocycles. The van der Waals surface area contributed by atoms with Crippen LogP contribution in [0.15, 0.2) is 40.7 Å². The van der Waals surface area contributed by atoms with Gasteiger partial charge in [0.1, 0.15) is 6.61 Å². The Hall–Kier alpha value is -2.71. The molecule has 0 spiro atoms. The van der Waals surface area contributed by atoms with Crippen molar-refractivity contribution in [1.82, 2.24) is 5.32 Å². The van der Waals surface area contributed by atoms with E-state index < -0.39 is 16.8 Å². The highest BCUT2D eigenvalue weighted by Gasteiger charge is 2.44. The van der Waals surface area contributed by atoms with E-state index in [1.807, 2.05) is 13.8 Å². The van der Waals surface area contributed by atoms with Crippen molar-refractivity contribution in [3.05, 3.63) is 61.4 Å². The lowest BCUT2D eigenvalue weighted by molar-refractivity contribution is -0.384. The SMILES string of the molecule is CC1=C(C(=O)OC[C@H]2CCCO2)[C@@H](c2cc([N+](=O)[O-])ccc2Cl)C2=C(CC(C)(C)CC2=O)N1. The molecule has 0 amide bonds. The van der Waals surface area contributed by atoms with Gasteiger partial charge < -0.3 is 14.8 Å². The Morgan fingerprint density at radius 1 is 1.36 bits per heavy atom. The zero-order valence-corrected chi connectivity index (χ0v) is 19.7. The van der Waals surface area contributed by atoms with Gasteiger partial charge in [-0.05, 0) is 43.2 Å². The molecule has 0 aromatic heterocycles. The second-order valence-electron chi connectivity index (χ2n) is 9.63. The normalized spacial score (nSPS) is 24.4. The molecule has 0 radical (unpaired) electrons. The van der Waals surface area contributed by atoms with Gasteiger partial charge in [0.2, 0.25) is 0 Å². The van der Waals surface area contributed by atoms with Crippen LogP contribution in [0.1, 0.15) is 57.9 Å². The number of allylic oxidation sites excluding steroid dienone is 3. The average molecular weight is 475 g/mol. The molecule has 176 valence electrons. The van der Waals surface area contributed by atoms with Gasteiger partial charge in [-0.25, -0.2) is 4.79 Å². The lowest BCUT2D eigenvalue weighted by atomic mass is 9.68. The third kappa shape index (κ3) is 4.68. The number of dihydropyridines is 1. The zero-order valence-electron chi connectivity index (χ0n) is 18.9. The summed E-state index contributed by atoms with van der Waals surface area (Å²) in [7, 11) is 0. The number of nitrogens with one attached hydrogen (secondary N) is 1. The van der Waals surface area contributed by atoms with Gasteiger partial charge in [0.25, 0.3) is 5.69 Å². The highest BCUT2D eigenvalue weighted by atomic mass is 35.5. The van der Waals surface area contributed by atoms with Crippen molar-refractivity contribution >= 4 is 29.0 Å². The largest absolute Gasteiger partial charge is 0.459 e. The number of nitrogens with zero attached hydrogens (tertiary/aromatic N) is 1. The fraction of sp³-hybridized carbons (Fsp3) is 0.500. The number of nitro groups is 1. The van der Waals surface area contributed by atoms with Gasteiger partial charge in [-0.15, -0.1) is 0 Å². The quantitative estimate of drug-likeness (QED) is 0.378.